The van der Waals surface area contributed by atoms with E-state index in [1.165, 1.54) is 17.2 Å². The molecule has 110 valence electrons. The lowest BCUT2D eigenvalue weighted by Gasteiger charge is -2.24. The van der Waals surface area contributed by atoms with Crippen LogP contribution in [-0.4, -0.2) is 32.7 Å². The van der Waals surface area contributed by atoms with E-state index in [4.69, 9.17) is 4.84 Å². The van der Waals surface area contributed by atoms with Gasteiger partial charge >= 0.3 is 6.09 Å². The molecule has 0 spiro atoms. The summed E-state index contributed by atoms with van der Waals surface area (Å²) < 4.78 is 25.8. The third-order valence-electron chi connectivity index (χ3n) is 3.08. The van der Waals surface area contributed by atoms with Crippen LogP contribution in [0.4, 0.5) is 4.79 Å². The van der Waals surface area contributed by atoms with E-state index < -0.39 is 16.1 Å². The highest BCUT2D eigenvalue weighted by molar-refractivity contribution is 7.90. The monoisotopic (exact) mass is 298 g/mol. The molecule has 0 aliphatic carbocycles. The Morgan fingerprint density at radius 1 is 1.15 bits per heavy atom. The summed E-state index contributed by atoms with van der Waals surface area (Å²) in [5, 5.41) is 1.49. The summed E-state index contributed by atoms with van der Waals surface area (Å²) in [6, 6.07) is 6.24. The number of carbonyl (C=O) groups is 1. The van der Waals surface area contributed by atoms with E-state index >= 15 is 0 Å². The third-order valence-corrected chi connectivity index (χ3v) is 4.40. The second-order valence-electron chi connectivity index (χ2n) is 4.79. The van der Waals surface area contributed by atoms with Crippen molar-refractivity contribution in [3.8, 4) is 0 Å². The maximum absolute atomic E-state index is 12.0. The number of rotatable bonds is 3. The first kappa shape index (κ1) is 14.8. The Morgan fingerprint density at radius 3 is 2.35 bits per heavy atom. The molecule has 0 unspecified atom stereocenters. The van der Waals surface area contributed by atoms with Crippen molar-refractivity contribution in [3.63, 3.8) is 0 Å². The van der Waals surface area contributed by atoms with Crippen LogP contribution in [0.15, 0.2) is 29.2 Å². The van der Waals surface area contributed by atoms with Crippen LogP contribution in [0.5, 0.6) is 0 Å². The van der Waals surface area contributed by atoms with E-state index in [9.17, 15) is 13.2 Å². The van der Waals surface area contributed by atoms with Crippen LogP contribution in [0.25, 0.3) is 0 Å². The number of nitrogens with zero attached hydrogens (tertiary/aromatic N) is 1. The van der Waals surface area contributed by atoms with Crippen molar-refractivity contribution in [2.45, 2.75) is 31.1 Å². The molecule has 1 N–H and O–H groups in total. The van der Waals surface area contributed by atoms with Gasteiger partial charge in [-0.25, -0.2) is 17.9 Å². The first-order chi connectivity index (χ1) is 9.47. The average molecular weight is 298 g/mol. The Balaban J connectivity index is 1.97. The van der Waals surface area contributed by atoms with Gasteiger partial charge in [0.15, 0.2) is 0 Å². The largest absolute Gasteiger partial charge is 0.440 e. The molecule has 2 rings (SSSR count). The van der Waals surface area contributed by atoms with Gasteiger partial charge < -0.3 is 4.84 Å². The minimum atomic E-state index is -3.88. The normalized spacial score (nSPS) is 16.6. The van der Waals surface area contributed by atoms with Gasteiger partial charge in [-0.05, 0) is 31.9 Å². The minimum Gasteiger partial charge on any atom is -0.350 e. The summed E-state index contributed by atoms with van der Waals surface area (Å²) in [5.74, 6) is 0. The zero-order valence-electron chi connectivity index (χ0n) is 11.3. The zero-order chi connectivity index (χ0) is 14.6. The smallest absolute Gasteiger partial charge is 0.350 e. The fourth-order valence-electron chi connectivity index (χ4n) is 1.98. The molecule has 1 heterocycles. The topological polar surface area (TPSA) is 75.7 Å². The van der Waals surface area contributed by atoms with Crippen LogP contribution in [0.3, 0.4) is 0 Å². The summed E-state index contributed by atoms with van der Waals surface area (Å²) in [6.45, 7) is 3.13. The van der Waals surface area contributed by atoms with Gasteiger partial charge in [0.05, 0.1) is 4.90 Å². The molecule has 0 aromatic heterocycles. The molecule has 1 aliphatic heterocycles. The van der Waals surface area contributed by atoms with E-state index in [0.717, 1.165) is 24.8 Å². The van der Waals surface area contributed by atoms with Gasteiger partial charge in [-0.15, -0.1) is 5.06 Å². The zero-order valence-corrected chi connectivity index (χ0v) is 12.1. The van der Waals surface area contributed by atoms with Gasteiger partial charge in [0.1, 0.15) is 0 Å². The molecule has 1 aromatic carbocycles. The van der Waals surface area contributed by atoms with Gasteiger partial charge in [0, 0.05) is 13.1 Å². The maximum atomic E-state index is 12.0. The number of nitrogens with one attached hydrogen (secondary N) is 1. The summed E-state index contributed by atoms with van der Waals surface area (Å²) in [5.41, 5.74) is 0.944. The molecule has 1 aromatic rings. The summed E-state index contributed by atoms with van der Waals surface area (Å²) in [6.07, 6.45) is 2.02. The fraction of sp³-hybridized carbons (Fsp3) is 0.462. The standard InChI is InChI=1S/C13H18N2O4S/c1-11-5-7-12(8-6-11)20(17,18)14-13(16)19-15-9-3-2-4-10-15/h5-8H,2-4,9-10H2,1H3,(H,14,16). The predicted molar refractivity (Wildman–Crippen MR) is 73.4 cm³/mol. The van der Waals surface area contributed by atoms with E-state index in [2.05, 4.69) is 0 Å². The highest BCUT2D eigenvalue weighted by Gasteiger charge is 2.21. The number of hydrogen-bond donors (Lipinski definition) is 1. The van der Waals surface area contributed by atoms with Crippen LogP contribution in [0.2, 0.25) is 0 Å². The van der Waals surface area contributed by atoms with Crippen molar-refractivity contribution in [1.82, 2.24) is 9.79 Å². The van der Waals surface area contributed by atoms with Crippen molar-refractivity contribution >= 4 is 16.1 Å². The lowest BCUT2D eigenvalue weighted by Crippen LogP contribution is -2.39. The molecule has 6 nitrogen and oxygen atoms in total. The highest BCUT2D eigenvalue weighted by Crippen LogP contribution is 2.11. The van der Waals surface area contributed by atoms with Crippen molar-refractivity contribution in [3.05, 3.63) is 29.8 Å². The quantitative estimate of drug-likeness (QED) is 0.921. The second-order valence-corrected chi connectivity index (χ2v) is 6.47. The molecular formula is C13H18N2O4S. The van der Waals surface area contributed by atoms with Gasteiger partial charge in [-0.3, -0.25) is 0 Å². The van der Waals surface area contributed by atoms with E-state index in [1.54, 1.807) is 12.1 Å². The first-order valence-electron chi connectivity index (χ1n) is 6.54. The van der Waals surface area contributed by atoms with Crippen LogP contribution in [0.1, 0.15) is 24.8 Å². The lowest BCUT2D eigenvalue weighted by atomic mass is 10.2. The summed E-state index contributed by atoms with van der Waals surface area (Å²) >= 11 is 0. The lowest BCUT2D eigenvalue weighted by molar-refractivity contribution is -0.108. The first-order valence-corrected chi connectivity index (χ1v) is 8.02. The van der Waals surface area contributed by atoms with E-state index in [1.807, 2.05) is 11.6 Å². The molecule has 1 saturated heterocycles. The van der Waals surface area contributed by atoms with Gasteiger partial charge in [0.2, 0.25) is 0 Å². The van der Waals surface area contributed by atoms with Crippen molar-refractivity contribution in [2.75, 3.05) is 13.1 Å². The van der Waals surface area contributed by atoms with E-state index in [0.29, 0.717) is 13.1 Å². The van der Waals surface area contributed by atoms with Crippen LogP contribution >= 0.6 is 0 Å². The number of amides is 1. The van der Waals surface area contributed by atoms with Crippen molar-refractivity contribution in [1.29, 1.82) is 0 Å². The molecule has 0 radical (unpaired) electrons. The van der Waals surface area contributed by atoms with Gasteiger partial charge in [-0.2, -0.15) is 0 Å². The molecule has 20 heavy (non-hydrogen) atoms. The number of hydroxylamine groups is 2. The van der Waals surface area contributed by atoms with Crippen LogP contribution < -0.4 is 4.72 Å². The Hall–Kier alpha value is -1.60. The molecule has 7 heteroatoms. The number of carbonyl (C=O) groups excluding carboxylic acids is 1. The Labute approximate surface area is 118 Å². The summed E-state index contributed by atoms with van der Waals surface area (Å²) in [7, 11) is -3.88. The van der Waals surface area contributed by atoms with E-state index in [-0.39, 0.29) is 4.90 Å². The molecule has 1 fully saturated rings. The number of piperidine rings is 1. The molecule has 1 aliphatic rings. The Morgan fingerprint density at radius 2 is 1.75 bits per heavy atom. The SMILES string of the molecule is Cc1ccc(S(=O)(=O)NC(=O)ON2CCCCC2)cc1. The van der Waals surface area contributed by atoms with Crippen molar-refractivity contribution < 1.29 is 18.0 Å². The maximum Gasteiger partial charge on any atom is 0.440 e. The van der Waals surface area contributed by atoms with Gasteiger partial charge in [0.25, 0.3) is 10.0 Å². The fourth-order valence-corrected chi connectivity index (χ4v) is 2.85. The van der Waals surface area contributed by atoms with Crippen molar-refractivity contribution in [2.24, 2.45) is 0 Å². The predicted octanol–water partition coefficient (Wildman–Crippen LogP) is 1.81. The number of hydrogen-bond acceptors (Lipinski definition) is 5. The minimum absolute atomic E-state index is 0.0405. The number of aryl methyl sites for hydroxylation is 1. The Bertz CT molecular complexity index is 563. The number of sulfonamides is 1. The highest BCUT2D eigenvalue weighted by atomic mass is 32.2. The molecule has 1 amide bonds. The molecule has 0 saturated carbocycles. The van der Waals surface area contributed by atoms with Crippen LogP contribution in [0, 0.1) is 6.92 Å². The Kier molecular flexibility index (Phi) is 4.61. The average Bonchev–Trinajstić information content (AvgIpc) is 2.39. The number of benzene rings is 1. The van der Waals surface area contributed by atoms with Crippen LogP contribution in [-0.2, 0) is 14.9 Å². The molecular weight excluding hydrogens is 280 g/mol. The molecule has 0 atom stereocenters. The van der Waals surface area contributed by atoms with Gasteiger partial charge in [-0.1, -0.05) is 24.1 Å². The summed E-state index contributed by atoms with van der Waals surface area (Å²) in [4.78, 5) is 16.6. The second kappa shape index (κ2) is 6.23. The third kappa shape index (κ3) is 3.94. The molecule has 0 bridgehead atoms.